The number of aryl methyl sites for hydroxylation is 2. The summed E-state index contributed by atoms with van der Waals surface area (Å²) in [6, 6.07) is 10.8. The average molecular weight is 436 g/mol. The van der Waals surface area contributed by atoms with Gasteiger partial charge in [0.05, 0.1) is 22.3 Å². The molecule has 0 radical (unpaired) electrons. The maximum absolute atomic E-state index is 13.1. The summed E-state index contributed by atoms with van der Waals surface area (Å²) in [6.07, 6.45) is 1.41. The van der Waals surface area contributed by atoms with E-state index in [0.717, 1.165) is 4.90 Å². The molecule has 3 aromatic rings. The van der Waals surface area contributed by atoms with Gasteiger partial charge in [0.2, 0.25) is 0 Å². The quantitative estimate of drug-likeness (QED) is 0.365. The number of fused-ring (bicyclic) bond motifs is 1. The van der Waals surface area contributed by atoms with Crippen LogP contribution in [0.5, 0.6) is 0 Å². The molecule has 0 atom stereocenters. The number of thiocarbonyl (C=S) groups is 1. The summed E-state index contributed by atoms with van der Waals surface area (Å²) < 4.78 is 2.97. The zero-order valence-electron chi connectivity index (χ0n) is 16.4. The highest BCUT2D eigenvalue weighted by Crippen LogP contribution is 2.24. The molecule has 2 N–H and O–H groups in total. The Kier molecular flexibility index (Phi) is 4.78. The van der Waals surface area contributed by atoms with Gasteiger partial charge >= 0.3 is 11.7 Å². The molecule has 31 heavy (non-hydrogen) atoms. The highest BCUT2D eigenvalue weighted by molar-refractivity contribution is 7.80. The molecular formula is C21H16N4O5S. The molecule has 156 valence electrons. The molecule has 9 nitrogen and oxygen atoms in total. The number of hydrogen-bond acceptors (Lipinski definition) is 5. The van der Waals surface area contributed by atoms with Gasteiger partial charge < -0.3 is 5.11 Å². The molecule has 1 aliphatic rings. The topological polar surface area (TPSA) is 114 Å². The lowest BCUT2D eigenvalue weighted by atomic mass is 10.1. The molecule has 2 aromatic carbocycles. The Labute approximate surface area is 180 Å². The number of carboxylic acids is 1. The number of carbonyl (C=O) groups excluding carboxylic acids is 2. The lowest BCUT2D eigenvalue weighted by molar-refractivity contribution is -0.122. The second kappa shape index (κ2) is 7.33. The van der Waals surface area contributed by atoms with Crippen molar-refractivity contribution in [1.29, 1.82) is 0 Å². The van der Waals surface area contributed by atoms with Gasteiger partial charge in [-0.3, -0.25) is 28.9 Å². The molecule has 0 bridgehead atoms. The summed E-state index contributed by atoms with van der Waals surface area (Å²) in [5.41, 5.74) is 1.73. The van der Waals surface area contributed by atoms with Crippen molar-refractivity contribution < 1.29 is 19.5 Å². The molecule has 0 unspecified atom stereocenters. The largest absolute Gasteiger partial charge is 0.478 e. The van der Waals surface area contributed by atoms with E-state index in [1.54, 1.807) is 32.3 Å². The summed E-state index contributed by atoms with van der Waals surface area (Å²) in [4.78, 5) is 50.1. The second-order valence-corrected chi connectivity index (χ2v) is 7.35. The normalized spacial score (nSPS) is 15.6. The molecular weight excluding hydrogens is 420 g/mol. The first-order chi connectivity index (χ1) is 14.7. The maximum Gasteiger partial charge on any atom is 0.335 e. The fraction of sp³-hybridized carbons (Fsp3) is 0.0952. The van der Waals surface area contributed by atoms with Gasteiger partial charge in [-0.1, -0.05) is 12.1 Å². The Hall–Kier alpha value is -4.05. The minimum atomic E-state index is -1.15. The van der Waals surface area contributed by atoms with Crippen LogP contribution in [-0.2, 0) is 23.7 Å². The number of carboxylic acid groups (broad SMARTS) is 1. The number of amides is 2. The van der Waals surface area contributed by atoms with Gasteiger partial charge in [0, 0.05) is 14.1 Å². The molecule has 0 aliphatic carbocycles. The molecule has 0 spiro atoms. The number of nitrogens with zero attached hydrogens (tertiary/aromatic N) is 3. The average Bonchev–Trinajstić information content (AvgIpc) is 2.95. The van der Waals surface area contributed by atoms with Crippen molar-refractivity contribution in [3.8, 4) is 0 Å². The minimum Gasteiger partial charge on any atom is -0.478 e. The summed E-state index contributed by atoms with van der Waals surface area (Å²) in [5.74, 6) is -2.50. The molecule has 1 aliphatic heterocycles. The molecule has 1 saturated heterocycles. The first-order valence-corrected chi connectivity index (χ1v) is 9.50. The van der Waals surface area contributed by atoms with Crippen molar-refractivity contribution >= 4 is 57.9 Å². The molecule has 10 heteroatoms. The maximum atomic E-state index is 13.1. The van der Waals surface area contributed by atoms with E-state index < -0.39 is 17.8 Å². The fourth-order valence-corrected chi connectivity index (χ4v) is 3.73. The van der Waals surface area contributed by atoms with Crippen molar-refractivity contribution in [2.75, 3.05) is 4.90 Å². The van der Waals surface area contributed by atoms with E-state index in [1.165, 1.54) is 39.5 Å². The van der Waals surface area contributed by atoms with Crippen molar-refractivity contribution in [2.45, 2.75) is 0 Å². The number of benzene rings is 2. The Balaban J connectivity index is 1.78. The lowest BCUT2D eigenvalue weighted by Gasteiger charge is -2.29. The monoisotopic (exact) mass is 436 g/mol. The highest BCUT2D eigenvalue weighted by atomic mass is 32.1. The van der Waals surface area contributed by atoms with Gasteiger partial charge in [0.1, 0.15) is 5.57 Å². The van der Waals surface area contributed by atoms with E-state index in [4.69, 9.17) is 12.2 Å². The Bertz CT molecular complexity index is 1400. The smallest absolute Gasteiger partial charge is 0.335 e. The lowest BCUT2D eigenvalue weighted by Crippen LogP contribution is -2.54. The Morgan fingerprint density at radius 2 is 1.74 bits per heavy atom. The molecule has 0 saturated carbocycles. The summed E-state index contributed by atoms with van der Waals surface area (Å²) in [7, 11) is 3.29. The van der Waals surface area contributed by atoms with Crippen LogP contribution in [0.15, 0.2) is 52.8 Å². The van der Waals surface area contributed by atoms with Crippen LogP contribution in [-0.4, -0.2) is 37.1 Å². The number of nitrogens with one attached hydrogen (secondary N) is 1. The van der Waals surface area contributed by atoms with Crippen LogP contribution in [0, 0.1) is 0 Å². The van der Waals surface area contributed by atoms with Crippen LogP contribution in [0.25, 0.3) is 17.1 Å². The van der Waals surface area contributed by atoms with E-state index in [-0.39, 0.29) is 27.6 Å². The van der Waals surface area contributed by atoms with E-state index in [9.17, 15) is 24.3 Å². The Morgan fingerprint density at radius 1 is 1.03 bits per heavy atom. The van der Waals surface area contributed by atoms with Gasteiger partial charge in [-0.2, -0.15) is 0 Å². The van der Waals surface area contributed by atoms with Crippen molar-refractivity contribution in [3.05, 3.63) is 69.6 Å². The van der Waals surface area contributed by atoms with Gasteiger partial charge in [-0.15, -0.1) is 0 Å². The zero-order chi connectivity index (χ0) is 22.4. The number of rotatable bonds is 3. The number of aromatic carboxylic acids is 1. The number of hydrogen-bond donors (Lipinski definition) is 2. The van der Waals surface area contributed by atoms with Gasteiger partial charge in [0.15, 0.2) is 5.11 Å². The summed E-state index contributed by atoms with van der Waals surface area (Å²) in [5, 5.41) is 11.5. The zero-order valence-corrected chi connectivity index (χ0v) is 17.3. The van der Waals surface area contributed by atoms with E-state index in [0.29, 0.717) is 16.6 Å². The molecule has 1 aromatic heterocycles. The minimum absolute atomic E-state index is 0.0222. The van der Waals surface area contributed by atoms with Crippen LogP contribution in [0.2, 0.25) is 0 Å². The third kappa shape index (κ3) is 3.32. The van der Waals surface area contributed by atoms with Crippen molar-refractivity contribution in [2.24, 2.45) is 14.1 Å². The molecule has 1 fully saturated rings. The SMILES string of the molecule is Cn1c(=O)n(C)c2cc(C=C3C(=O)NC(=S)N(c4cccc(C(=O)O)c4)C3=O)ccc21. The van der Waals surface area contributed by atoms with Crippen LogP contribution in [0.4, 0.5) is 5.69 Å². The fourth-order valence-electron chi connectivity index (χ4n) is 3.45. The standard InChI is InChI=1S/C21H16N4O5S/c1-23-15-7-6-11(9-16(15)24(2)21(23)30)8-14-17(26)22-20(31)25(18(14)27)13-5-3-4-12(10-13)19(28)29/h3-10H,1-2H3,(H,28,29)(H,22,26,31). The van der Waals surface area contributed by atoms with Crippen LogP contribution in [0.1, 0.15) is 15.9 Å². The predicted octanol–water partition coefficient (Wildman–Crippen LogP) is 1.41. The third-order valence-electron chi connectivity index (χ3n) is 5.06. The summed E-state index contributed by atoms with van der Waals surface area (Å²) >= 11 is 5.14. The van der Waals surface area contributed by atoms with Crippen LogP contribution < -0.4 is 15.9 Å². The second-order valence-electron chi connectivity index (χ2n) is 6.96. The molecule has 2 amide bonds. The van der Waals surface area contributed by atoms with Gasteiger partial charge in [0.25, 0.3) is 11.8 Å². The van der Waals surface area contributed by atoms with Crippen molar-refractivity contribution in [3.63, 3.8) is 0 Å². The Morgan fingerprint density at radius 3 is 2.45 bits per heavy atom. The molecule has 4 rings (SSSR count). The van der Waals surface area contributed by atoms with E-state index in [1.807, 2.05) is 0 Å². The van der Waals surface area contributed by atoms with Crippen LogP contribution in [0.3, 0.4) is 0 Å². The summed E-state index contributed by atoms with van der Waals surface area (Å²) in [6.45, 7) is 0. The first kappa shape index (κ1) is 20.2. The third-order valence-corrected chi connectivity index (χ3v) is 5.34. The predicted molar refractivity (Wildman–Crippen MR) is 118 cm³/mol. The van der Waals surface area contributed by atoms with Gasteiger partial charge in [-0.05, 0) is 54.2 Å². The number of carbonyl (C=O) groups is 3. The van der Waals surface area contributed by atoms with E-state index in [2.05, 4.69) is 5.32 Å². The van der Waals surface area contributed by atoms with Gasteiger partial charge in [-0.25, -0.2) is 9.59 Å². The number of aromatic nitrogens is 2. The number of anilines is 1. The molecule has 2 heterocycles. The van der Waals surface area contributed by atoms with Crippen LogP contribution >= 0.6 is 12.2 Å². The number of imidazole rings is 1. The highest BCUT2D eigenvalue weighted by Gasteiger charge is 2.34. The first-order valence-electron chi connectivity index (χ1n) is 9.09. The van der Waals surface area contributed by atoms with E-state index >= 15 is 0 Å². The van der Waals surface area contributed by atoms with Crippen molar-refractivity contribution in [1.82, 2.24) is 14.5 Å².